The highest BCUT2D eigenvalue weighted by Gasteiger charge is 2.32. The van der Waals surface area contributed by atoms with Gasteiger partial charge >= 0.3 is 0 Å². The predicted octanol–water partition coefficient (Wildman–Crippen LogP) is 2.39. The Labute approximate surface area is 119 Å². The van der Waals surface area contributed by atoms with Crippen LogP contribution in [0.3, 0.4) is 0 Å². The molecule has 2 N–H and O–H groups in total. The van der Waals surface area contributed by atoms with E-state index in [1.54, 1.807) is 0 Å². The van der Waals surface area contributed by atoms with Gasteiger partial charge in [0, 0.05) is 30.9 Å². The van der Waals surface area contributed by atoms with Crippen molar-refractivity contribution < 1.29 is 4.52 Å². The van der Waals surface area contributed by atoms with E-state index in [0.717, 1.165) is 25.8 Å². The maximum atomic E-state index is 6.29. The Hall–Kier alpha value is -1.62. The van der Waals surface area contributed by atoms with Gasteiger partial charge in [0.1, 0.15) is 0 Å². The van der Waals surface area contributed by atoms with E-state index in [1.807, 2.05) is 6.92 Å². The summed E-state index contributed by atoms with van der Waals surface area (Å²) in [5, 5.41) is 3.82. The predicted molar refractivity (Wildman–Crippen MR) is 76.2 cm³/mol. The summed E-state index contributed by atoms with van der Waals surface area (Å²) >= 11 is 0. The van der Waals surface area contributed by atoms with Crippen LogP contribution < -0.4 is 5.73 Å². The maximum Gasteiger partial charge on any atom is 0.228 e. The van der Waals surface area contributed by atoms with Crippen LogP contribution in [0.2, 0.25) is 0 Å². The van der Waals surface area contributed by atoms with Crippen molar-refractivity contribution in [3.63, 3.8) is 0 Å². The van der Waals surface area contributed by atoms with Crippen LogP contribution in [0.5, 0.6) is 0 Å². The smallest absolute Gasteiger partial charge is 0.228 e. The van der Waals surface area contributed by atoms with E-state index < -0.39 is 0 Å². The van der Waals surface area contributed by atoms with Gasteiger partial charge in [-0.3, -0.25) is 0 Å². The zero-order chi connectivity index (χ0) is 14.3. The molecule has 3 rings (SSSR count). The molecule has 0 saturated carbocycles. The lowest BCUT2D eigenvalue weighted by molar-refractivity contribution is 0.274. The fraction of sp³-hybridized carbons (Fsp3) is 0.600. The minimum Gasteiger partial charge on any atom is -0.351 e. The molecule has 0 fully saturated rings. The van der Waals surface area contributed by atoms with Gasteiger partial charge in [0.15, 0.2) is 5.82 Å². The third-order valence-corrected chi connectivity index (χ3v) is 4.07. The first-order valence-electron chi connectivity index (χ1n) is 7.17. The Morgan fingerprint density at radius 3 is 3.00 bits per heavy atom. The van der Waals surface area contributed by atoms with Crippen molar-refractivity contribution in [2.24, 2.45) is 11.1 Å². The van der Waals surface area contributed by atoms with Crippen LogP contribution in [0.4, 0.5) is 0 Å². The molecule has 0 saturated heterocycles. The van der Waals surface area contributed by atoms with Gasteiger partial charge in [-0.25, -0.2) is 0 Å². The molecular weight excluding hydrogens is 252 g/mol. The number of rotatable bonds is 3. The number of hydrogen-bond donors (Lipinski definition) is 1. The summed E-state index contributed by atoms with van der Waals surface area (Å²) in [5.74, 6) is 1.39. The first kappa shape index (κ1) is 13.4. The van der Waals surface area contributed by atoms with E-state index in [2.05, 4.69) is 40.8 Å². The van der Waals surface area contributed by atoms with E-state index in [1.165, 1.54) is 11.3 Å². The lowest BCUT2D eigenvalue weighted by Crippen LogP contribution is -2.30. The zero-order valence-electron chi connectivity index (χ0n) is 12.4. The highest BCUT2D eigenvalue weighted by Crippen LogP contribution is 2.39. The Morgan fingerprint density at radius 1 is 1.50 bits per heavy atom. The number of aryl methyl sites for hydroxylation is 3. The third-order valence-electron chi connectivity index (χ3n) is 4.07. The molecule has 0 aliphatic heterocycles. The van der Waals surface area contributed by atoms with Crippen molar-refractivity contribution in [1.82, 2.24) is 14.7 Å². The molecule has 0 bridgehead atoms. The molecule has 1 atom stereocenters. The van der Waals surface area contributed by atoms with Gasteiger partial charge in [-0.05, 0) is 36.8 Å². The number of nitrogens with zero attached hydrogens (tertiary/aromatic N) is 3. The first-order valence-corrected chi connectivity index (χ1v) is 7.17. The molecule has 2 aromatic rings. The molecule has 0 amide bonds. The molecule has 1 aliphatic carbocycles. The molecule has 20 heavy (non-hydrogen) atoms. The number of aromatic nitrogens is 3. The summed E-state index contributed by atoms with van der Waals surface area (Å²) in [6.07, 6.45) is 5.02. The lowest BCUT2D eigenvalue weighted by Gasteiger charge is -2.34. The third kappa shape index (κ3) is 2.50. The number of fused-ring (bicyclic) bond motifs is 1. The first-order chi connectivity index (χ1) is 9.44. The van der Waals surface area contributed by atoms with Gasteiger partial charge in [-0.2, -0.15) is 4.98 Å². The van der Waals surface area contributed by atoms with Gasteiger partial charge in [-0.1, -0.05) is 19.0 Å². The topological polar surface area (TPSA) is 69.9 Å². The summed E-state index contributed by atoms with van der Waals surface area (Å²) < 4.78 is 7.46. The van der Waals surface area contributed by atoms with Crippen molar-refractivity contribution in [1.29, 1.82) is 0 Å². The molecular formula is C15H22N4O. The van der Waals surface area contributed by atoms with Crippen LogP contribution in [0.1, 0.15) is 49.3 Å². The van der Waals surface area contributed by atoms with Gasteiger partial charge in [0.05, 0.1) is 0 Å². The van der Waals surface area contributed by atoms with Crippen molar-refractivity contribution in [3.05, 3.63) is 35.2 Å². The zero-order valence-corrected chi connectivity index (χ0v) is 12.4. The fourth-order valence-corrected chi connectivity index (χ4v) is 3.16. The monoisotopic (exact) mass is 274 g/mol. The molecule has 2 heterocycles. The highest BCUT2D eigenvalue weighted by molar-refractivity contribution is 5.30. The molecule has 1 unspecified atom stereocenters. The van der Waals surface area contributed by atoms with Gasteiger partial charge in [0.25, 0.3) is 0 Å². The van der Waals surface area contributed by atoms with Crippen LogP contribution in [-0.4, -0.2) is 14.7 Å². The molecule has 2 aromatic heterocycles. The van der Waals surface area contributed by atoms with Crippen LogP contribution in [0.15, 0.2) is 16.8 Å². The van der Waals surface area contributed by atoms with Crippen LogP contribution >= 0.6 is 0 Å². The largest absolute Gasteiger partial charge is 0.351 e. The molecule has 0 spiro atoms. The lowest BCUT2D eigenvalue weighted by atomic mass is 9.74. The molecule has 5 nitrogen and oxygen atoms in total. The minimum absolute atomic E-state index is 0.153. The average molecular weight is 274 g/mol. The van der Waals surface area contributed by atoms with Crippen molar-refractivity contribution in [3.8, 4) is 0 Å². The normalized spacial score (nSPS) is 20.9. The van der Waals surface area contributed by atoms with Crippen molar-refractivity contribution >= 4 is 0 Å². The van der Waals surface area contributed by atoms with Crippen molar-refractivity contribution in [2.45, 2.75) is 52.6 Å². The second kappa shape index (κ2) is 4.74. The summed E-state index contributed by atoms with van der Waals surface area (Å²) in [6, 6.07) is 2.31. The van der Waals surface area contributed by atoms with Gasteiger partial charge < -0.3 is 14.8 Å². The van der Waals surface area contributed by atoms with Gasteiger partial charge in [0.2, 0.25) is 5.89 Å². The van der Waals surface area contributed by atoms with Crippen LogP contribution in [0.25, 0.3) is 0 Å². The average Bonchev–Trinajstić information content (AvgIpc) is 2.92. The maximum absolute atomic E-state index is 6.29. The summed E-state index contributed by atoms with van der Waals surface area (Å²) in [5.41, 5.74) is 9.22. The van der Waals surface area contributed by atoms with E-state index in [-0.39, 0.29) is 11.5 Å². The van der Waals surface area contributed by atoms with Crippen LogP contribution in [0, 0.1) is 12.3 Å². The summed E-state index contributed by atoms with van der Waals surface area (Å²) in [6.45, 7) is 7.27. The van der Waals surface area contributed by atoms with Crippen molar-refractivity contribution in [2.75, 3.05) is 0 Å². The molecule has 0 aromatic carbocycles. The quantitative estimate of drug-likeness (QED) is 0.933. The molecule has 5 heteroatoms. The minimum atomic E-state index is 0.153. The Kier molecular flexibility index (Phi) is 3.17. The SMILES string of the molecule is Cc1noc(CCn2ccc3c2CC(C)(C)CC3N)n1. The molecule has 0 radical (unpaired) electrons. The fourth-order valence-electron chi connectivity index (χ4n) is 3.16. The van der Waals surface area contributed by atoms with Crippen LogP contribution in [-0.2, 0) is 19.4 Å². The Morgan fingerprint density at radius 2 is 2.30 bits per heavy atom. The van der Waals surface area contributed by atoms with E-state index in [4.69, 9.17) is 10.3 Å². The molecule has 108 valence electrons. The number of hydrogen-bond acceptors (Lipinski definition) is 4. The standard InChI is InChI=1S/C15H22N4O/c1-10-17-14(20-18-10)5-7-19-6-4-11-12(16)8-15(2,3)9-13(11)19/h4,6,12H,5,7-9,16H2,1-3H3. The Bertz CT molecular complexity index is 611. The second-order valence-electron chi connectivity index (χ2n) is 6.55. The van der Waals surface area contributed by atoms with E-state index in [9.17, 15) is 0 Å². The van der Waals surface area contributed by atoms with E-state index >= 15 is 0 Å². The van der Waals surface area contributed by atoms with Gasteiger partial charge in [-0.15, -0.1) is 0 Å². The van der Waals surface area contributed by atoms with E-state index in [0.29, 0.717) is 11.7 Å². The summed E-state index contributed by atoms with van der Waals surface area (Å²) in [7, 11) is 0. The highest BCUT2D eigenvalue weighted by atomic mass is 16.5. The molecule has 1 aliphatic rings. The Balaban J connectivity index is 1.78. The number of nitrogens with two attached hydrogens (primary N) is 1. The summed E-state index contributed by atoms with van der Waals surface area (Å²) in [4.78, 5) is 4.25. The second-order valence-corrected chi connectivity index (χ2v) is 6.55.